The molecule has 2 fully saturated rings. The second kappa shape index (κ2) is 43.1. The summed E-state index contributed by atoms with van der Waals surface area (Å²) < 4.78 is 39.7. The molecular formula is C90H114N16NaO10S+. The number of hydrogen-bond acceptors (Lipinski definition) is 18. The predicted octanol–water partition coefficient (Wildman–Crippen LogP) is 10.6. The molecule has 620 valence electrons. The summed E-state index contributed by atoms with van der Waals surface area (Å²) in [6, 6.07) is 40.0. The Kier molecular flexibility index (Phi) is 33.0. The van der Waals surface area contributed by atoms with E-state index in [0.29, 0.717) is 119 Å². The normalized spacial score (nSPS) is 15.3. The number of likely N-dealkylation sites (N-methyl/N-ethyl adjacent to an activating group) is 1. The van der Waals surface area contributed by atoms with Crippen LogP contribution in [0.4, 0.5) is 28.4 Å². The molecule has 0 spiro atoms. The first kappa shape index (κ1) is 90.3. The molecule has 2 aliphatic carbocycles. The first-order chi connectivity index (χ1) is 56.5. The summed E-state index contributed by atoms with van der Waals surface area (Å²) in [5.74, 6) is -3.11. The number of anilines is 3. The Morgan fingerprint density at radius 2 is 1.37 bits per heavy atom. The van der Waals surface area contributed by atoms with Crippen LogP contribution in [0.2, 0.25) is 0 Å². The van der Waals surface area contributed by atoms with Crippen LogP contribution >= 0.6 is 0 Å². The summed E-state index contributed by atoms with van der Waals surface area (Å²) >= 11 is 0. The number of carboxylic acids is 1. The van der Waals surface area contributed by atoms with Crippen LogP contribution in [0.15, 0.2) is 185 Å². The van der Waals surface area contributed by atoms with E-state index >= 15 is 0 Å². The first-order valence-electron chi connectivity index (χ1n) is 41.6. The van der Waals surface area contributed by atoms with Crippen molar-refractivity contribution in [2.75, 3.05) is 80.7 Å². The van der Waals surface area contributed by atoms with Gasteiger partial charge in [0, 0.05) is 131 Å². The number of piperazine rings is 1. The Morgan fingerprint density at radius 3 is 2.08 bits per heavy atom. The fraction of sp³-hybridized carbons (Fsp3) is 0.444. The largest absolute Gasteiger partial charge is 1.00 e. The van der Waals surface area contributed by atoms with Crippen molar-refractivity contribution in [3.05, 3.63) is 192 Å². The monoisotopic (exact) mass is 1630 g/mol. The number of aryl methyl sites for hydroxylation is 1. The predicted molar refractivity (Wildman–Crippen MR) is 457 cm³/mol. The van der Waals surface area contributed by atoms with Gasteiger partial charge in [-0.3, -0.25) is 28.7 Å². The van der Waals surface area contributed by atoms with Crippen molar-refractivity contribution in [3.63, 3.8) is 0 Å². The van der Waals surface area contributed by atoms with E-state index in [4.69, 9.17) is 4.98 Å². The third-order valence-corrected chi connectivity index (χ3v) is 23.7. The first-order valence-corrected chi connectivity index (χ1v) is 43.0. The van der Waals surface area contributed by atoms with Crippen molar-refractivity contribution in [2.45, 2.75) is 198 Å². The van der Waals surface area contributed by atoms with Gasteiger partial charge in [0.05, 0.1) is 29.0 Å². The molecule has 1 unspecified atom stereocenters. The number of nitrogens with zero attached hydrogens (tertiary/aromatic N) is 11. The number of allylic oxidation sites excluding steroid dienone is 6. The van der Waals surface area contributed by atoms with Gasteiger partial charge in [0.15, 0.2) is 0 Å². The van der Waals surface area contributed by atoms with E-state index in [0.717, 1.165) is 132 Å². The number of aliphatic carboxylic acids is 1. The van der Waals surface area contributed by atoms with Crippen molar-refractivity contribution in [2.24, 2.45) is 10.2 Å². The summed E-state index contributed by atoms with van der Waals surface area (Å²) in [5, 5.41) is 43.0. The van der Waals surface area contributed by atoms with E-state index in [-0.39, 0.29) is 72.1 Å². The van der Waals surface area contributed by atoms with Gasteiger partial charge in [-0.1, -0.05) is 100 Å². The maximum absolute atomic E-state index is 14.8. The van der Waals surface area contributed by atoms with Crippen molar-refractivity contribution in [1.82, 2.24) is 51.5 Å². The minimum atomic E-state index is -4.63. The van der Waals surface area contributed by atoms with E-state index in [1.165, 1.54) is 12.1 Å². The molecule has 6 aromatic carbocycles. The molecule has 1 saturated heterocycles. The van der Waals surface area contributed by atoms with Crippen LogP contribution in [0.3, 0.4) is 0 Å². The van der Waals surface area contributed by atoms with Gasteiger partial charge in [-0.2, -0.15) is 10.2 Å². The number of amides is 5. The van der Waals surface area contributed by atoms with Gasteiger partial charge in [-0.05, 0) is 212 Å². The third kappa shape index (κ3) is 23.9. The molecule has 6 N–H and O–H groups in total. The summed E-state index contributed by atoms with van der Waals surface area (Å²) in [5.41, 5.74) is 12.0. The zero-order chi connectivity index (χ0) is 83.1. The van der Waals surface area contributed by atoms with Gasteiger partial charge in [0.1, 0.15) is 44.5 Å². The molecular weight excluding hydrogens is 1520 g/mol. The molecule has 26 nitrogen and oxygen atoms in total. The molecule has 2 atom stereocenters. The Morgan fingerprint density at radius 1 is 0.703 bits per heavy atom. The molecule has 11 rings (SSSR count). The SMILES string of the molecule is C/C=C/C=C/C1=C(CCCCCC(=O)NCc2cn(CCCCC(NC(=O)[C@H](CCCCNC(=O)CCCN(C)c3ccc(N=Nc4ccc5nc6ccc(N(CC)CC)cc6[n+](-c6ccccc6)c5c4)cc3)NC(=O)C3(NC(=O)c4ccc(N5CCN(CC)CC5)cc4)CCCCC3)C(=O)O)nn2)c2ccc(S(=O)(=O)[O-])cc2C1(C)C.[Na+]. The van der Waals surface area contributed by atoms with Gasteiger partial charge in [-0.25, -0.2) is 18.2 Å². The van der Waals surface area contributed by atoms with Crippen LogP contribution in [0.5, 0.6) is 0 Å². The average Bonchev–Trinajstić information content (AvgIpc) is 1.52. The molecule has 28 heteroatoms. The summed E-state index contributed by atoms with van der Waals surface area (Å²) in [7, 11) is -2.66. The van der Waals surface area contributed by atoms with Crippen LogP contribution < -0.4 is 75.4 Å². The number of carbonyl (C=O) groups excluding carboxylic acids is 5. The van der Waals surface area contributed by atoms with Gasteiger partial charge in [-0.15, -0.1) is 9.67 Å². The Labute approximate surface area is 715 Å². The average molecular weight is 1640 g/mol. The van der Waals surface area contributed by atoms with Crippen LogP contribution in [0, 0.1) is 0 Å². The number of fused-ring (bicyclic) bond motifs is 3. The summed E-state index contributed by atoms with van der Waals surface area (Å²) in [4.78, 5) is 96.7. The molecule has 1 saturated carbocycles. The zero-order valence-corrected chi connectivity index (χ0v) is 72.5. The molecule has 0 radical (unpaired) electrons. The van der Waals surface area contributed by atoms with E-state index in [1.54, 1.807) is 29.1 Å². The molecule has 8 aromatic rings. The van der Waals surface area contributed by atoms with E-state index in [9.17, 15) is 46.8 Å². The molecule has 2 aromatic heterocycles. The number of carboxylic acid groups (broad SMARTS) is 1. The number of hydrogen-bond donors (Lipinski definition) is 6. The summed E-state index contributed by atoms with van der Waals surface area (Å²) in [6.07, 6.45) is 18.4. The van der Waals surface area contributed by atoms with Gasteiger partial charge < -0.3 is 55.8 Å². The van der Waals surface area contributed by atoms with Crippen LogP contribution in [-0.4, -0.2) is 162 Å². The number of benzene rings is 6. The third-order valence-electron chi connectivity index (χ3n) is 22.9. The number of azo groups is 1. The molecule has 1 aliphatic heterocycles. The Bertz CT molecular complexity index is 5020. The summed E-state index contributed by atoms with van der Waals surface area (Å²) in [6.45, 7) is 20.3. The van der Waals surface area contributed by atoms with E-state index in [2.05, 4.69) is 122 Å². The number of aromatic nitrogens is 5. The van der Waals surface area contributed by atoms with Crippen molar-refractivity contribution < 1.29 is 81.0 Å². The molecule has 3 heterocycles. The number of nitrogens with one attached hydrogen (secondary N) is 5. The second-order valence-electron chi connectivity index (χ2n) is 31.2. The van der Waals surface area contributed by atoms with Gasteiger partial charge in [0.25, 0.3) is 5.91 Å². The Balaban J connectivity index is 0.0000147. The van der Waals surface area contributed by atoms with E-state index in [1.807, 2.05) is 125 Å². The number of carbonyl (C=O) groups is 6. The number of unbranched alkanes of at least 4 members (excludes halogenated alkanes) is 4. The number of rotatable bonds is 41. The molecule has 3 aliphatic rings. The molecule has 118 heavy (non-hydrogen) atoms. The topological polar surface area (TPSA) is 325 Å². The fourth-order valence-corrected chi connectivity index (χ4v) is 16.6. The van der Waals surface area contributed by atoms with Crippen molar-refractivity contribution >= 4 is 102 Å². The quantitative estimate of drug-likeness (QED) is 0.00394. The fourth-order valence-electron chi connectivity index (χ4n) is 16.1. The minimum absolute atomic E-state index is 0. The minimum Gasteiger partial charge on any atom is -0.744 e. The zero-order valence-electron chi connectivity index (χ0n) is 69.7. The van der Waals surface area contributed by atoms with Gasteiger partial charge >= 0.3 is 35.5 Å². The van der Waals surface area contributed by atoms with Gasteiger partial charge in [0.2, 0.25) is 40.3 Å². The van der Waals surface area contributed by atoms with Crippen molar-refractivity contribution in [1.29, 1.82) is 0 Å². The van der Waals surface area contributed by atoms with Crippen LogP contribution in [-0.2, 0) is 52.6 Å². The van der Waals surface area contributed by atoms with E-state index < -0.39 is 56.8 Å². The standard InChI is InChI=1S/C90H114N16O10S.Na/c1-8-12-16-31-75-73(74-47-46-72(117(114,115)116)61-76(74)89(75,5)6)30-19-14-20-34-84(108)92-62-67-63-105(100-99-67)54-26-22-33-80(87(111)112)94-86(110)79(95-88(113)90(50-23-15-24-51-90)96-85(109)64-36-41-69(42-37-64)104-57-55-102(9-2)56-58-104)32-21-25-52-91-83(107)35-27-53-101(7)68-43-38-65(39-44-68)97-98-66-40-48-77-81(59-66)106(70-28-17-13-18-29-70)82-60-71(103(10-3)11-4)45-49-78(82)93-77;/h8,12-13,16-18,28-29,31,36-49,59-61,63,79-80H,9-11,14-15,19-27,30,32-35,50-58,62H2,1-7H3,(H6-,91,92,94,95,96,107,108,109,110,111,112,113,114,115,116);/q;+1/b12-8+,31-16+;/t79-,80?;/m0./s1. The van der Waals surface area contributed by atoms with Crippen molar-refractivity contribution in [3.8, 4) is 5.69 Å². The number of para-hydroxylation sites is 1. The van der Waals surface area contributed by atoms with Crippen LogP contribution in [0.25, 0.3) is 33.3 Å². The Hall–Kier alpha value is -10.0. The maximum Gasteiger partial charge on any atom is 1.00 e. The maximum atomic E-state index is 14.8. The second-order valence-corrected chi connectivity index (χ2v) is 32.6. The smallest absolute Gasteiger partial charge is 0.744 e. The van der Waals surface area contributed by atoms with Crippen LogP contribution in [0.1, 0.15) is 184 Å². The molecule has 5 amide bonds. The molecule has 0 bridgehead atoms.